The smallest absolute Gasteiger partial charge is 0.313 e. The summed E-state index contributed by atoms with van der Waals surface area (Å²) in [4.78, 5) is 21.7. The number of nitrogens with zero attached hydrogens (tertiary/aromatic N) is 1. The van der Waals surface area contributed by atoms with Crippen molar-refractivity contribution in [1.82, 2.24) is 4.98 Å². The Balaban J connectivity index is 1.80. The lowest BCUT2D eigenvalue weighted by Gasteiger charge is -2.26. The van der Waals surface area contributed by atoms with E-state index in [1.807, 2.05) is 66.7 Å². The molecule has 0 bridgehead atoms. The standard InChI is InChI=1S/C20H20N2O3/c1-2-24-20(23)17-13-25-22(14-8-4-3-5-9-14)19(17)16-12-21-18-11-7-6-10-15(16)18/h3-12,17,19,21H,2,13H2,1H3/t17-,19-/m0/s1. The number of fused-ring (bicyclic) bond motifs is 1. The quantitative estimate of drug-likeness (QED) is 0.736. The van der Waals surface area contributed by atoms with E-state index in [0.717, 1.165) is 22.2 Å². The molecule has 4 rings (SSSR count). The van der Waals surface area contributed by atoms with Crippen LogP contribution < -0.4 is 5.06 Å². The molecule has 25 heavy (non-hydrogen) atoms. The second-order valence-electron chi connectivity index (χ2n) is 6.05. The third-order valence-corrected chi connectivity index (χ3v) is 4.57. The minimum atomic E-state index is -0.376. The minimum absolute atomic E-state index is 0.226. The Morgan fingerprint density at radius 3 is 2.76 bits per heavy atom. The van der Waals surface area contributed by atoms with E-state index in [2.05, 4.69) is 11.1 Å². The number of esters is 1. The molecule has 1 saturated heterocycles. The van der Waals surface area contributed by atoms with Gasteiger partial charge in [-0.05, 0) is 25.1 Å². The first-order chi connectivity index (χ1) is 12.3. The van der Waals surface area contributed by atoms with Crippen molar-refractivity contribution < 1.29 is 14.4 Å². The lowest BCUT2D eigenvalue weighted by Crippen LogP contribution is -2.29. The molecule has 5 heteroatoms. The van der Waals surface area contributed by atoms with Gasteiger partial charge in [-0.25, -0.2) is 5.06 Å². The van der Waals surface area contributed by atoms with Crippen molar-refractivity contribution in [3.63, 3.8) is 0 Å². The molecule has 2 aromatic carbocycles. The summed E-state index contributed by atoms with van der Waals surface area (Å²) in [5.74, 6) is -0.601. The van der Waals surface area contributed by atoms with Crippen LogP contribution >= 0.6 is 0 Å². The number of anilines is 1. The number of ether oxygens (including phenoxy) is 1. The molecule has 0 amide bonds. The highest BCUT2D eigenvalue weighted by molar-refractivity contribution is 5.86. The molecule has 3 aromatic rings. The fourth-order valence-electron chi connectivity index (χ4n) is 3.43. The number of aromatic amines is 1. The molecule has 2 heterocycles. The zero-order valence-electron chi connectivity index (χ0n) is 14.0. The van der Waals surface area contributed by atoms with Gasteiger partial charge in [0.25, 0.3) is 0 Å². The summed E-state index contributed by atoms with van der Waals surface area (Å²) < 4.78 is 5.29. The second kappa shape index (κ2) is 6.61. The molecule has 5 nitrogen and oxygen atoms in total. The fourth-order valence-corrected chi connectivity index (χ4v) is 3.43. The number of rotatable bonds is 4. The van der Waals surface area contributed by atoms with E-state index in [1.54, 1.807) is 0 Å². The van der Waals surface area contributed by atoms with Crippen LogP contribution in [0.15, 0.2) is 60.8 Å². The first-order valence-electron chi connectivity index (χ1n) is 8.49. The Morgan fingerprint density at radius 2 is 1.96 bits per heavy atom. The van der Waals surface area contributed by atoms with Gasteiger partial charge in [-0.2, -0.15) is 0 Å². The number of carbonyl (C=O) groups excluding carboxylic acids is 1. The van der Waals surface area contributed by atoms with Gasteiger partial charge in [0, 0.05) is 22.7 Å². The summed E-state index contributed by atoms with van der Waals surface area (Å²) in [7, 11) is 0. The average molecular weight is 336 g/mol. The molecule has 0 radical (unpaired) electrons. The van der Waals surface area contributed by atoms with Crippen molar-refractivity contribution in [3.05, 3.63) is 66.4 Å². The maximum atomic E-state index is 12.5. The van der Waals surface area contributed by atoms with Crippen LogP contribution in [0.3, 0.4) is 0 Å². The monoisotopic (exact) mass is 336 g/mol. The second-order valence-corrected chi connectivity index (χ2v) is 6.05. The predicted molar refractivity (Wildman–Crippen MR) is 96.0 cm³/mol. The van der Waals surface area contributed by atoms with Gasteiger partial charge in [0.1, 0.15) is 5.92 Å². The van der Waals surface area contributed by atoms with Crippen LogP contribution in [0.5, 0.6) is 0 Å². The number of H-pyrrole nitrogens is 1. The van der Waals surface area contributed by atoms with Crippen molar-refractivity contribution >= 4 is 22.6 Å². The molecule has 1 aromatic heterocycles. The van der Waals surface area contributed by atoms with Crippen molar-refractivity contribution in [3.8, 4) is 0 Å². The van der Waals surface area contributed by atoms with Crippen LogP contribution in [-0.2, 0) is 14.4 Å². The van der Waals surface area contributed by atoms with Gasteiger partial charge in [-0.1, -0.05) is 36.4 Å². The highest BCUT2D eigenvalue weighted by Gasteiger charge is 2.43. The summed E-state index contributed by atoms with van der Waals surface area (Å²) in [6, 6.07) is 17.7. The van der Waals surface area contributed by atoms with Gasteiger partial charge in [0.05, 0.1) is 24.9 Å². The number of hydrogen-bond acceptors (Lipinski definition) is 4. The van der Waals surface area contributed by atoms with Crippen LogP contribution in [0.2, 0.25) is 0 Å². The van der Waals surface area contributed by atoms with E-state index >= 15 is 0 Å². The molecule has 1 fully saturated rings. The van der Waals surface area contributed by atoms with E-state index in [4.69, 9.17) is 9.57 Å². The molecule has 1 aliphatic heterocycles. The molecular weight excluding hydrogens is 316 g/mol. The first-order valence-corrected chi connectivity index (χ1v) is 8.49. The maximum absolute atomic E-state index is 12.5. The predicted octanol–water partition coefficient (Wildman–Crippen LogP) is 3.84. The van der Waals surface area contributed by atoms with Crippen molar-refractivity contribution in [2.45, 2.75) is 13.0 Å². The van der Waals surface area contributed by atoms with E-state index in [1.165, 1.54) is 0 Å². The third-order valence-electron chi connectivity index (χ3n) is 4.57. The molecule has 128 valence electrons. The van der Waals surface area contributed by atoms with Gasteiger partial charge in [-0.3, -0.25) is 9.63 Å². The lowest BCUT2D eigenvalue weighted by atomic mass is 9.93. The maximum Gasteiger partial charge on any atom is 0.313 e. The van der Waals surface area contributed by atoms with E-state index in [0.29, 0.717) is 13.2 Å². The Bertz CT molecular complexity index is 875. The van der Waals surface area contributed by atoms with Gasteiger partial charge >= 0.3 is 5.97 Å². The van der Waals surface area contributed by atoms with Crippen LogP contribution in [0, 0.1) is 5.92 Å². The Kier molecular flexibility index (Phi) is 4.15. The van der Waals surface area contributed by atoms with Crippen molar-refractivity contribution in [2.24, 2.45) is 5.92 Å². The minimum Gasteiger partial charge on any atom is -0.466 e. The largest absolute Gasteiger partial charge is 0.466 e. The van der Waals surface area contributed by atoms with Crippen LogP contribution in [-0.4, -0.2) is 24.2 Å². The van der Waals surface area contributed by atoms with Gasteiger partial charge in [0.15, 0.2) is 0 Å². The molecular formula is C20H20N2O3. The number of benzene rings is 2. The number of nitrogens with one attached hydrogen (secondary N) is 1. The number of carbonyl (C=O) groups is 1. The number of hydrogen-bond donors (Lipinski definition) is 1. The molecule has 2 atom stereocenters. The summed E-state index contributed by atoms with van der Waals surface area (Å²) in [5.41, 5.74) is 3.00. The zero-order valence-corrected chi connectivity index (χ0v) is 14.0. The average Bonchev–Trinajstić information content (AvgIpc) is 3.26. The summed E-state index contributed by atoms with van der Waals surface area (Å²) >= 11 is 0. The zero-order chi connectivity index (χ0) is 17.2. The number of para-hydroxylation sites is 2. The highest BCUT2D eigenvalue weighted by Crippen LogP contribution is 2.41. The highest BCUT2D eigenvalue weighted by atomic mass is 16.7. The van der Waals surface area contributed by atoms with Gasteiger partial charge < -0.3 is 9.72 Å². The molecule has 0 aliphatic carbocycles. The molecule has 1 N–H and O–H groups in total. The normalized spacial score (nSPS) is 20.1. The molecule has 0 unspecified atom stereocenters. The number of aromatic nitrogens is 1. The Hall–Kier alpha value is -2.79. The molecule has 0 spiro atoms. The SMILES string of the molecule is CCOC(=O)[C@H]1CON(c2ccccc2)[C@H]1c1c[nH]c2ccccc12. The molecule has 1 aliphatic rings. The van der Waals surface area contributed by atoms with Crippen LogP contribution in [0.4, 0.5) is 5.69 Å². The van der Waals surface area contributed by atoms with Crippen molar-refractivity contribution in [1.29, 1.82) is 0 Å². The summed E-state index contributed by atoms with van der Waals surface area (Å²) in [6.07, 6.45) is 1.96. The van der Waals surface area contributed by atoms with Gasteiger partial charge in [0.2, 0.25) is 0 Å². The third kappa shape index (κ3) is 2.76. The first kappa shape index (κ1) is 15.7. The van der Waals surface area contributed by atoms with Crippen LogP contribution in [0.1, 0.15) is 18.5 Å². The summed E-state index contributed by atoms with van der Waals surface area (Å²) in [5, 5.41) is 2.92. The number of hydroxylamine groups is 1. The topological polar surface area (TPSA) is 54.6 Å². The fraction of sp³-hybridized carbons (Fsp3) is 0.250. The molecule has 0 saturated carbocycles. The van der Waals surface area contributed by atoms with Crippen molar-refractivity contribution in [2.75, 3.05) is 18.3 Å². The van der Waals surface area contributed by atoms with E-state index in [9.17, 15) is 4.79 Å². The van der Waals surface area contributed by atoms with Gasteiger partial charge in [-0.15, -0.1) is 0 Å². The van der Waals surface area contributed by atoms with E-state index < -0.39 is 0 Å². The summed E-state index contributed by atoms with van der Waals surface area (Å²) in [6.45, 7) is 2.49. The van der Waals surface area contributed by atoms with E-state index in [-0.39, 0.29) is 17.9 Å². The Morgan fingerprint density at radius 1 is 1.20 bits per heavy atom. The Labute approximate surface area is 146 Å². The van der Waals surface area contributed by atoms with Crippen LogP contribution in [0.25, 0.3) is 10.9 Å². The lowest BCUT2D eigenvalue weighted by molar-refractivity contribution is -0.148.